The molecule has 0 spiro atoms. The number of hydrogen-bond donors (Lipinski definition) is 0. The van der Waals surface area contributed by atoms with Crippen LogP contribution in [0, 0.1) is 0 Å². The lowest BCUT2D eigenvalue weighted by Crippen LogP contribution is -2.46. The maximum absolute atomic E-state index is 5.61. The third-order valence-corrected chi connectivity index (χ3v) is 6.08. The van der Waals surface area contributed by atoms with Crippen LogP contribution >= 0.6 is 11.3 Å². The van der Waals surface area contributed by atoms with Crippen LogP contribution in [0.25, 0.3) is 10.2 Å². The van der Waals surface area contributed by atoms with Crippen LogP contribution in [0.3, 0.4) is 0 Å². The average molecular weight is 371 g/mol. The van der Waals surface area contributed by atoms with Gasteiger partial charge in [-0.3, -0.25) is 4.90 Å². The van der Waals surface area contributed by atoms with E-state index in [1.807, 2.05) is 6.07 Å². The second-order valence-electron chi connectivity index (χ2n) is 6.78. The minimum absolute atomic E-state index is 0.00728. The summed E-state index contributed by atoms with van der Waals surface area (Å²) in [5, 5.41) is 5.25. The Morgan fingerprint density at radius 2 is 2.00 bits per heavy atom. The number of hydrogen-bond acceptors (Lipinski definition) is 8. The standard InChI is InChI=1S/C18H21N5O2S/c1-2-6-15-13(4-1)19-18(26-15)23-9-7-22(8-10-23)12-16-20-17(25-21-16)14-5-3-11-24-14/h1-2,4,6,14H,3,5,7-12H2/t14-/m1/s1. The van der Waals surface area contributed by atoms with Crippen LogP contribution in [-0.2, 0) is 11.3 Å². The van der Waals surface area contributed by atoms with Crippen LogP contribution in [0.4, 0.5) is 5.13 Å². The van der Waals surface area contributed by atoms with E-state index < -0.39 is 0 Å². The van der Waals surface area contributed by atoms with E-state index in [0.29, 0.717) is 5.89 Å². The summed E-state index contributed by atoms with van der Waals surface area (Å²) < 4.78 is 12.2. The zero-order chi connectivity index (χ0) is 17.3. The van der Waals surface area contributed by atoms with Crippen molar-refractivity contribution in [2.75, 3.05) is 37.7 Å². The van der Waals surface area contributed by atoms with E-state index in [1.165, 1.54) is 4.70 Å². The lowest BCUT2D eigenvalue weighted by molar-refractivity contribution is 0.0835. The van der Waals surface area contributed by atoms with Crippen molar-refractivity contribution in [1.29, 1.82) is 0 Å². The van der Waals surface area contributed by atoms with Crippen molar-refractivity contribution in [3.63, 3.8) is 0 Å². The molecule has 0 amide bonds. The van der Waals surface area contributed by atoms with E-state index >= 15 is 0 Å². The molecule has 0 aliphatic carbocycles. The van der Waals surface area contributed by atoms with Gasteiger partial charge in [0.05, 0.1) is 16.8 Å². The molecule has 1 atom stereocenters. The Morgan fingerprint density at radius 1 is 1.12 bits per heavy atom. The van der Waals surface area contributed by atoms with E-state index in [4.69, 9.17) is 14.2 Å². The molecule has 136 valence electrons. The van der Waals surface area contributed by atoms with E-state index in [2.05, 4.69) is 38.1 Å². The van der Waals surface area contributed by atoms with Gasteiger partial charge in [-0.05, 0) is 25.0 Å². The number of anilines is 1. The van der Waals surface area contributed by atoms with Crippen molar-refractivity contribution >= 4 is 26.7 Å². The monoisotopic (exact) mass is 371 g/mol. The quantitative estimate of drug-likeness (QED) is 0.698. The maximum atomic E-state index is 5.61. The molecule has 0 bridgehead atoms. The van der Waals surface area contributed by atoms with E-state index in [1.54, 1.807) is 11.3 Å². The molecule has 0 saturated carbocycles. The van der Waals surface area contributed by atoms with Crippen molar-refractivity contribution < 1.29 is 9.26 Å². The summed E-state index contributed by atoms with van der Waals surface area (Å²) in [7, 11) is 0. The zero-order valence-electron chi connectivity index (χ0n) is 14.5. The highest BCUT2D eigenvalue weighted by molar-refractivity contribution is 7.22. The molecule has 2 aliphatic heterocycles. The Kier molecular flexibility index (Phi) is 4.32. The van der Waals surface area contributed by atoms with Crippen LogP contribution in [-0.4, -0.2) is 52.8 Å². The van der Waals surface area contributed by atoms with E-state index in [9.17, 15) is 0 Å². The Bertz CT molecular complexity index is 847. The zero-order valence-corrected chi connectivity index (χ0v) is 15.3. The first-order valence-corrected chi connectivity index (χ1v) is 9.94. The fourth-order valence-corrected chi connectivity index (χ4v) is 4.54. The van der Waals surface area contributed by atoms with Gasteiger partial charge in [0, 0.05) is 32.8 Å². The molecule has 2 aromatic heterocycles. The number of thiazole rings is 1. The van der Waals surface area contributed by atoms with Crippen LogP contribution in [0.5, 0.6) is 0 Å². The second kappa shape index (κ2) is 6.94. The molecule has 0 radical (unpaired) electrons. The highest BCUT2D eigenvalue weighted by Gasteiger charge is 2.25. The van der Waals surface area contributed by atoms with Gasteiger partial charge < -0.3 is 14.2 Å². The predicted molar refractivity (Wildman–Crippen MR) is 99.3 cm³/mol. The topological polar surface area (TPSA) is 67.5 Å². The fourth-order valence-electron chi connectivity index (χ4n) is 3.53. The number of para-hydroxylation sites is 1. The molecule has 1 aromatic carbocycles. The van der Waals surface area contributed by atoms with Gasteiger partial charge in [-0.2, -0.15) is 4.98 Å². The first kappa shape index (κ1) is 16.2. The lowest BCUT2D eigenvalue weighted by Gasteiger charge is -2.33. The molecule has 7 nitrogen and oxygen atoms in total. The van der Waals surface area contributed by atoms with Crippen molar-refractivity contribution in [1.82, 2.24) is 20.0 Å². The summed E-state index contributed by atoms with van der Waals surface area (Å²) in [4.78, 5) is 14.0. The van der Waals surface area contributed by atoms with Crippen molar-refractivity contribution in [3.05, 3.63) is 36.0 Å². The molecule has 3 aromatic rings. The minimum atomic E-state index is -0.00728. The summed E-state index contributed by atoms with van der Waals surface area (Å²) in [6.45, 7) is 5.39. The molecule has 8 heteroatoms. The normalized spacial score (nSPS) is 21.7. The summed E-state index contributed by atoms with van der Waals surface area (Å²) in [5.41, 5.74) is 1.09. The van der Waals surface area contributed by atoms with Crippen LogP contribution in [0.15, 0.2) is 28.8 Å². The Balaban J connectivity index is 1.19. The number of rotatable bonds is 4. The van der Waals surface area contributed by atoms with Crippen molar-refractivity contribution in [2.24, 2.45) is 0 Å². The van der Waals surface area contributed by atoms with Crippen LogP contribution in [0.1, 0.15) is 30.7 Å². The first-order chi connectivity index (χ1) is 12.8. The summed E-state index contributed by atoms with van der Waals surface area (Å²) in [5.74, 6) is 1.38. The van der Waals surface area contributed by atoms with Gasteiger partial charge in [0.1, 0.15) is 6.10 Å². The number of aromatic nitrogens is 3. The molecular formula is C18H21N5O2S. The molecule has 5 rings (SSSR count). The summed E-state index contributed by atoms with van der Waals surface area (Å²) in [6, 6.07) is 8.32. The van der Waals surface area contributed by atoms with Crippen molar-refractivity contribution in [2.45, 2.75) is 25.5 Å². The highest BCUT2D eigenvalue weighted by Crippen LogP contribution is 2.29. The highest BCUT2D eigenvalue weighted by atomic mass is 32.1. The summed E-state index contributed by atoms with van der Waals surface area (Å²) >= 11 is 1.77. The predicted octanol–water partition coefficient (Wildman–Crippen LogP) is 2.85. The van der Waals surface area contributed by atoms with Crippen LogP contribution in [0.2, 0.25) is 0 Å². The number of fused-ring (bicyclic) bond motifs is 1. The first-order valence-electron chi connectivity index (χ1n) is 9.12. The maximum Gasteiger partial charge on any atom is 0.255 e. The molecule has 26 heavy (non-hydrogen) atoms. The smallest absolute Gasteiger partial charge is 0.255 e. The molecular weight excluding hydrogens is 350 g/mol. The van der Waals surface area contributed by atoms with Gasteiger partial charge in [-0.25, -0.2) is 4.98 Å². The van der Waals surface area contributed by atoms with Gasteiger partial charge >= 0.3 is 0 Å². The number of piperazine rings is 1. The molecule has 2 saturated heterocycles. The SMILES string of the molecule is c1ccc2sc(N3CCN(Cc4noc([C@H]5CCCO5)n4)CC3)nc2c1. The Labute approximate surface area is 155 Å². The van der Waals surface area contributed by atoms with Crippen LogP contribution < -0.4 is 4.90 Å². The molecule has 4 heterocycles. The number of nitrogens with zero attached hydrogens (tertiary/aromatic N) is 5. The lowest BCUT2D eigenvalue weighted by atomic mass is 10.2. The van der Waals surface area contributed by atoms with E-state index in [-0.39, 0.29) is 6.10 Å². The Hall–Kier alpha value is -2.03. The third-order valence-electron chi connectivity index (χ3n) is 4.98. The number of ether oxygens (including phenoxy) is 1. The molecule has 2 fully saturated rings. The van der Waals surface area contributed by atoms with Gasteiger partial charge in [-0.15, -0.1) is 0 Å². The van der Waals surface area contributed by atoms with Gasteiger partial charge in [0.25, 0.3) is 5.89 Å². The second-order valence-corrected chi connectivity index (χ2v) is 7.79. The van der Waals surface area contributed by atoms with Gasteiger partial charge in [-0.1, -0.05) is 28.6 Å². The van der Waals surface area contributed by atoms with E-state index in [0.717, 1.165) is 68.6 Å². The summed E-state index contributed by atoms with van der Waals surface area (Å²) in [6.07, 6.45) is 2.03. The molecule has 0 unspecified atom stereocenters. The minimum Gasteiger partial charge on any atom is -0.368 e. The molecule has 2 aliphatic rings. The molecule has 0 N–H and O–H groups in total. The van der Waals surface area contributed by atoms with Gasteiger partial charge in [0.15, 0.2) is 11.0 Å². The third kappa shape index (κ3) is 3.20. The Morgan fingerprint density at radius 3 is 2.81 bits per heavy atom. The largest absolute Gasteiger partial charge is 0.368 e. The average Bonchev–Trinajstić information content (AvgIpc) is 3.42. The fraction of sp³-hybridized carbons (Fsp3) is 0.500. The number of benzene rings is 1. The van der Waals surface area contributed by atoms with Gasteiger partial charge in [0.2, 0.25) is 0 Å². The van der Waals surface area contributed by atoms with Crippen molar-refractivity contribution in [3.8, 4) is 0 Å².